The van der Waals surface area contributed by atoms with Crippen LogP contribution in [0.25, 0.3) is 11.0 Å². The second-order valence-electron chi connectivity index (χ2n) is 7.56. The zero-order valence-corrected chi connectivity index (χ0v) is 13.7. The lowest BCUT2D eigenvalue weighted by atomic mass is 10.1. The number of nitrogens with zero attached hydrogens (tertiary/aromatic N) is 3. The molecular formula is C18H23N5O. The molecule has 24 heavy (non-hydrogen) atoms. The largest absolute Gasteiger partial charge is 0.351 e. The van der Waals surface area contributed by atoms with Crippen LogP contribution in [-0.2, 0) is 0 Å². The normalized spacial score (nSPS) is 29.6. The van der Waals surface area contributed by atoms with Crippen LogP contribution in [0.2, 0.25) is 0 Å². The van der Waals surface area contributed by atoms with E-state index in [0.29, 0.717) is 18.0 Å². The molecular weight excluding hydrogens is 302 g/mol. The maximum atomic E-state index is 12.5. The molecule has 126 valence electrons. The van der Waals surface area contributed by atoms with Crippen molar-refractivity contribution in [2.45, 2.75) is 44.2 Å². The van der Waals surface area contributed by atoms with Crippen molar-refractivity contribution in [1.82, 2.24) is 19.9 Å². The predicted molar refractivity (Wildman–Crippen MR) is 93.2 cm³/mol. The summed E-state index contributed by atoms with van der Waals surface area (Å²) in [6.45, 7) is 2.06. The number of hydrogen-bond donors (Lipinski definition) is 2. The van der Waals surface area contributed by atoms with Crippen LogP contribution in [0.1, 0.15) is 38.1 Å². The highest BCUT2D eigenvalue weighted by atomic mass is 16.1. The van der Waals surface area contributed by atoms with Crippen molar-refractivity contribution in [1.29, 1.82) is 0 Å². The van der Waals surface area contributed by atoms with E-state index in [-0.39, 0.29) is 5.56 Å². The summed E-state index contributed by atoms with van der Waals surface area (Å²) in [6, 6.07) is 4.23. The number of pyridine rings is 1. The number of anilines is 1. The van der Waals surface area contributed by atoms with Crippen LogP contribution < -0.4 is 16.2 Å². The van der Waals surface area contributed by atoms with Gasteiger partial charge in [-0.25, -0.2) is 4.98 Å². The van der Waals surface area contributed by atoms with Gasteiger partial charge < -0.3 is 10.6 Å². The summed E-state index contributed by atoms with van der Waals surface area (Å²) in [5, 5.41) is 7.77. The van der Waals surface area contributed by atoms with Crippen LogP contribution >= 0.6 is 0 Å². The molecule has 1 saturated heterocycles. The minimum Gasteiger partial charge on any atom is -0.351 e. The Hall–Kier alpha value is -1.95. The lowest BCUT2D eigenvalue weighted by molar-refractivity contribution is 0.465. The van der Waals surface area contributed by atoms with Crippen LogP contribution in [0.4, 0.5) is 5.95 Å². The molecule has 2 saturated carbocycles. The van der Waals surface area contributed by atoms with E-state index in [1.807, 2.05) is 16.8 Å². The number of fused-ring (bicyclic) bond motifs is 2. The van der Waals surface area contributed by atoms with Gasteiger partial charge in [-0.05, 0) is 63.1 Å². The van der Waals surface area contributed by atoms with Crippen molar-refractivity contribution < 1.29 is 0 Å². The fraction of sp³-hybridized carbons (Fsp3) is 0.611. The Labute approximate surface area is 140 Å². The fourth-order valence-electron chi connectivity index (χ4n) is 4.50. The lowest BCUT2D eigenvalue weighted by Gasteiger charge is -2.24. The highest BCUT2D eigenvalue weighted by Crippen LogP contribution is 2.55. The van der Waals surface area contributed by atoms with Gasteiger partial charge in [-0.2, -0.15) is 4.98 Å². The zero-order chi connectivity index (χ0) is 16.1. The zero-order valence-electron chi connectivity index (χ0n) is 13.7. The molecule has 0 spiro atoms. The molecule has 6 heteroatoms. The number of piperidine rings is 1. The summed E-state index contributed by atoms with van der Waals surface area (Å²) in [4.78, 5) is 21.7. The predicted octanol–water partition coefficient (Wildman–Crippen LogP) is 1.93. The van der Waals surface area contributed by atoms with Crippen LogP contribution in [0, 0.1) is 11.8 Å². The Morgan fingerprint density at radius 3 is 2.71 bits per heavy atom. The van der Waals surface area contributed by atoms with Gasteiger partial charge in [0.05, 0.1) is 0 Å². The van der Waals surface area contributed by atoms with Gasteiger partial charge in [-0.1, -0.05) is 0 Å². The van der Waals surface area contributed by atoms with E-state index in [9.17, 15) is 4.79 Å². The van der Waals surface area contributed by atoms with Crippen molar-refractivity contribution in [3.05, 3.63) is 28.7 Å². The molecule has 2 N–H and O–H groups in total. The molecule has 3 aliphatic rings. The molecule has 0 aromatic carbocycles. The van der Waals surface area contributed by atoms with Gasteiger partial charge in [-0.15, -0.1) is 0 Å². The first kappa shape index (κ1) is 14.4. The topological polar surface area (TPSA) is 71.8 Å². The molecule has 5 rings (SSSR count). The minimum absolute atomic E-state index is 0.0697. The molecule has 3 heterocycles. The maximum absolute atomic E-state index is 12.5. The fourth-order valence-corrected chi connectivity index (χ4v) is 4.50. The summed E-state index contributed by atoms with van der Waals surface area (Å²) in [6.07, 6.45) is 7.62. The third-order valence-electron chi connectivity index (χ3n) is 5.92. The van der Waals surface area contributed by atoms with Crippen LogP contribution in [0.5, 0.6) is 0 Å². The Balaban J connectivity index is 1.51. The van der Waals surface area contributed by atoms with Gasteiger partial charge in [0.25, 0.3) is 5.56 Å². The average Bonchev–Trinajstić information content (AvgIpc) is 3.21. The first-order valence-corrected chi connectivity index (χ1v) is 9.13. The summed E-state index contributed by atoms with van der Waals surface area (Å²) < 4.78 is 1.93. The molecule has 0 radical (unpaired) electrons. The highest BCUT2D eigenvalue weighted by molar-refractivity contribution is 5.75. The van der Waals surface area contributed by atoms with Crippen molar-refractivity contribution in [2.75, 3.05) is 18.4 Å². The molecule has 3 fully saturated rings. The molecule has 0 amide bonds. The Morgan fingerprint density at radius 2 is 1.92 bits per heavy atom. The number of aromatic nitrogens is 3. The second-order valence-corrected chi connectivity index (χ2v) is 7.56. The molecule has 2 aromatic heterocycles. The lowest BCUT2D eigenvalue weighted by Crippen LogP contribution is -2.35. The second kappa shape index (κ2) is 5.55. The Morgan fingerprint density at radius 1 is 1.12 bits per heavy atom. The highest BCUT2D eigenvalue weighted by Gasteiger charge is 2.46. The Bertz CT molecular complexity index is 816. The van der Waals surface area contributed by atoms with E-state index in [4.69, 9.17) is 4.98 Å². The van der Waals surface area contributed by atoms with Gasteiger partial charge in [0, 0.05) is 29.7 Å². The van der Waals surface area contributed by atoms with Crippen LogP contribution in [0.3, 0.4) is 0 Å². The summed E-state index contributed by atoms with van der Waals surface area (Å²) in [5.41, 5.74) is 0.862. The van der Waals surface area contributed by atoms with Gasteiger partial charge in [0.1, 0.15) is 5.65 Å². The van der Waals surface area contributed by atoms with Crippen LogP contribution in [0.15, 0.2) is 23.1 Å². The van der Waals surface area contributed by atoms with Crippen molar-refractivity contribution in [3.8, 4) is 0 Å². The van der Waals surface area contributed by atoms with Gasteiger partial charge in [0.2, 0.25) is 5.95 Å². The number of hydrogen-bond acceptors (Lipinski definition) is 5. The molecule has 6 nitrogen and oxygen atoms in total. The average molecular weight is 325 g/mol. The Kier molecular flexibility index (Phi) is 3.33. The van der Waals surface area contributed by atoms with Crippen molar-refractivity contribution in [2.24, 2.45) is 11.8 Å². The first-order valence-electron chi connectivity index (χ1n) is 9.13. The standard InChI is InChI=1S/C18H23N5O/c24-16-2-1-11-10-20-18(21-14-3-5-19-6-4-14)22-17(11)23(16)15-8-12-7-13(12)9-15/h1-2,10,12-15,19H,3-9H2,(H,20,21,22)/t12-,13+,15?. The third kappa shape index (κ3) is 2.49. The third-order valence-corrected chi connectivity index (χ3v) is 5.92. The van der Waals surface area contributed by atoms with E-state index < -0.39 is 0 Å². The van der Waals surface area contributed by atoms with Crippen molar-refractivity contribution in [3.63, 3.8) is 0 Å². The summed E-state index contributed by atoms with van der Waals surface area (Å²) in [7, 11) is 0. The van der Waals surface area contributed by atoms with Gasteiger partial charge >= 0.3 is 0 Å². The number of rotatable bonds is 3. The van der Waals surface area contributed by atoms with Gasteiger partial charge in [0.15, 0.2) is 0 Å². The van der Waals surface area contributed by atoms with Crippen LogP contribution in [-0.4, -0.2) is 33.7 Å². The summed E-state index contributed by atoms with van der Waals surface area (Å²) in [5.74, 6) is 2.33. The van der Waals surface area contributed by atoms with Gasteiger partial charge in [-0.3, -0.25) is 9.36 Å². The molecule has 1 unspecified atom stereocenters. The van der Waals surface area contributed by atoms with E-state index in [1.165, 1.54) is 6.42 Å². The SMILES string of the molecule is O=c1ccc2cnc(NC3CCNCC3)nc2n1C1C[C@@H]2C[C@@H]2C1. The minimum atomic E-state index is 0.0697. The quantitative estimate of drug-likeness (QED) is 0.902. The monoisotopic (exact) mass is 325 g/mol. The number of nitrogens with one attached hydrogen (secondary N) is 2. The molecule has 0 bridgehead atoms. The van der Waals surface area contributed by atoms with E-state index in [1.54, 1.807) is 6.07 Å². The molecule has 2 aromatic rings. The maximum Gasteiger partial charge on any atom is 0.252 e. The molecule has 2 aliphatic carbocycles. The molecule has 1 aliphatic heterocycles. The van der Waals surface area contributed by atoms with E-state index in [0.717, 1.165) is 61.6 Å². The summed E-state index contributed by atoms with van der Waals surface area (Å²) >= 11 is 0. The van der Waals surface area contributed by atoms with E-state index in [2.05, 4.69) is 15.6 Å². The van der Waals surface area contributed by atoms with E-state index >= 15 is 0 Å². The smallest absolute Gasteiger partial charge is 0.252 e. The molecule has 3 atom stereocenters. The van der Waals surface area contributed by atoms with Crippen molar-refractivity contribution >= 4 is 17.0 Å². The first-order chi connectivity index (χ1) is 11.8.